The van der Waals surface area contributed by atoms with Crippen LogP contribution in [0.5, 0.6) is 0 Å². The van der Waals surface area contributed by atoms with Crippen molar-refractivity contribution in [2.75, 3.05) is 11.9 Å². The Bertz CT molecular complexity index is 1220. The van der Waals surface area contributed by atoms with Gasteiger partial charge in [-0.15, -0.1) is 11.3 Å². The molecule has 2 N–H and O–H groups in total. The number of nitrogens with one attached hydrogen (secondary N) is 2. The standard InChI is InChI=1S/C22H23N7O2S/c1-3-31-16-7-15(8-16)29-11-17(20(28-29)19-13(2)5-4-6-23-19)26-21(30)18-12-32-22(27-18)14-9-24-25-10-14/h4-6,9-12,15-16H,3,7-8H2,1-2H3,(H,24,25)(H,26,30). The van der Waals surface area contributed by atoms with Crippen LogP contribution >= 0.6 is 11.3 Å². The maximum Gasteiger partial charge on any atom is 0.275 e. The molecular weight excluding hydrogens is 426 g/mol. The predicted octanol–water partition coefficient (Wildman–Crippen LogP) is 4.09. The highest BCUT2D eigenvalue weighted by Crippen LogP contribution is 2.37. The number of H-pyrrole nitrogens is 1. The fourth-order valence-corrected chi connectivity index (χ4v) is 4.55. The molecule has 4 aromatic heterocycles. The average molecular weight is 450 g/mol. The van der Waals surface area contributed by atoms with E-state index in [0.717, 1.165) is 34.7 Å². The van der Waals surface area contributed by atoms with Crippen molar-refractivity contribution in [1.29, 1.82) is 0 Å². The molecule has 0 aromatic carbocycles. The third kappa shape index (κ3) is 3.94. The average Bonchev–Trinajstić information content (AvgIpc) is 3.51. The van der Waals surface area contributed by atoms with Crippen molar-refractivity contribution < 1.29 is 9.53 Å². The summed E-state index contributed by atoms with van der Waals surface area (Å²) in [6.07, 6.45) is 9.13. The number of aryl methyl sites for hydroxylation is 1. The molecule has 0 aliphatic heterocycles. The molecule has 1 fully saturated rings. The minimum Gasteiger partial charge on any atom is -0.378 e. The van der Waals surface area contributed by atoms with Gasteiger partial charge in [0.05, 0.1) is 29.7 Å². The van der Waals surface area contributed by atoms with Crippen LogP contribution in [0.3, 0.4) is 0 Å². The molecule has 9 nitrogen and oxygen atoms in total. The molecule has 32 heavy (non-hydrogen) atoms. The number of thiazole rings is 1. The second-order valence-electron chi connectivity index (χ2n) is 7.72. The zero-order valence-electron chi connectivity index (χ0n) is 17.8. The molecule has 0 bridgehead atoms. The maximum atomic E-state index is 13.0. The van der Waals surface area contributed by atoms with Crippen molar-refractivity contribution in [3.05, 3.63) is 53.6 Å². The molecule has 10 heteroatoms. The zero-order valence-corrected chi connectivity index (χ0v) is 18.6. The van der Waals surface area contributed by atoms with Crippen LogP contribution in [0.15, 0.2) is 42.3 Å². The Morgan fingerprint density at radius 3 is 3.00 bits per heavy atom. The Morgan fingerprint density at radius 2 is 2.25 bits per heavy atom. The van der Waals surface area contributed by atoms with Gasteiger partial charge in [0.25, 0.3) is 5.91 Å². The predicted molar refractivity (Wildman–Crippen MR) is 122 cm³/mol. The van der Waals surface area contributed by atoms with E-state index in [1.54, 1.807) is 24.0 Å². The molecule has 0 radical (unpaired) electrons. The second kappa shape index (κ2) is 8.64. The molecule has 0 atom stereocenters. The number of aromatic amines is 1. The molecule has 1 aliphatic rings. The number of aromatic nitrogens is 6. The lowest BCUT2D eigenvalue weighted by Crippen LogP contribution is -2.33. The SMILES string of the molecule is CCOC1CC(n2cc(NC(=O)c3csc(-c4cn[nH]c4)n3)c(-c3ncccc3C)n2)C1. The van der Waals surface area contributed by atoms with Crippen LogP contribution in [-0.4, -0.2) is 48.6 Å². The van der Waals surface area contributed by atoms with E-state index in [0.29, 0.717) is 23.7 Å². The highest BCUT2D eigenvalue weighted by Gasteiger charge is 2.33. The molecule has 0 saturated heterocycles. The van der Waals surface area contributed by atoms with Crippen molar-refractivity contribution >= 4 is 22.9 Å². The molecular formula is C22H23N7O2S. The summed E-state index contributed by atoms with van der Waals surface area (Å²) in [6, 6.07) is 4.12. The zero-order chi connectivity index (χ0) is 22.1. The molecule has 0 unspecified atom stereocenters. The first-order valence-electron chi connectivity index (χ1n) is 10.5. The van der Waals surface area contributed by atoms with Crippen LogP contribution in [0.25, 0.3) is 22.0 Å². The highest BCUT2D eigenvalue weighted by molar-refractivity contribution is 7.13. The number of hydrogen-bond acceptors (Lipinski definition) is 7. The van der Waals surface area contributed by atoms with E-state index in [1.807, 2.05) is 36.9 Å². The monoisotopic (exact) mass is 449 g/mol. The van der Waals surface area contributed by atoms with Gasteiger partial charge in [-0.05, 0) is 38.3 Å². The molecule has 1 saturated carbocycles. The Balaban J connectivity index is 1.42. The number of rotatable bonds is 7. The van der Waals surface area contributed by atoms with E-state index in [1.165, 1.54) is 11.3 Å². The molecule has 1 aliphatic carbocycles. The lowest BCUT2D eigenvalue weighted by molar-refractivity contribution is -0.0226. The summed E-state index contributed by atoms with van der Waals surface area (Å²) >= 11 is 1.40. The number of nitrogens with zero attached hydrogens (tertiary/aromatic N) is 5. The van der Waals surface area contributed by atoms with Gasteiger partial charge < -0.3 is 10.1 Å². The van der Waals surface area contributed by atoms with E-state index in [9.17, 15) is 4.79 Å². The molecule has 5 rings (SSSR count). The van der Waals surface area contributed by atoms with Crippen LogP contribution < -0.4 is 5.32 Å². The third-order valence-corrected chi connectivity index (χ3v) is 6.43. The van der Waals surface area contributed by atoms with Crippen LogP contribution in [0.1, 0.15) is 41.9 Å². The quantitative estimate of drug-likeness (QED) is 0.440. The topological polar surface area (TPSA) is 111 Å². The highest BCUT2D eigenvalue weighted by atomic mass is 32.1. The second-order valence-corrected chi connectivity index (χ2v) is 8.58. The first-order chi connectivity index (χ1) is 15.6. The summed E-state index contributed by atoms with van der Waals surface area (Å²) in [5.74, 6) is -0.286. The number of carbonyl (C=O) groups is 1. The summed E-state index contributed by atoms with van der Waals surface area (Å²) in [4.78, 5) is 22.0. The minimum atomic E-state index is -0.286. The summed E-state index contributed by atoms with van der Waals surface area (Å²) in [5, 5.41) is 17.0. The largest absolute Gasteiger partial charge is 0.378 e. The fraction of sp³-hybridized carbons (Fsp3) is 0.318. The van der Waals surface area contributed by atoms with Crippen LogP contribution in [0, 0.1) is 6.92 Å². The van der Waals surface area contributed by atoms with E-state index in [4.69, 9.17) is 9.84 Å². The normalized spacial score (nSPS) is 17.8. The van der Waals surface area contributed by atoms with Gasteiger partial charge in [0, 0.05) is 36.1 Å². The van der Waals surface area contributed by atoms with Gasteiger partial charge >= 0.3 is 0 Å². The molecule has 4 heterocycles. The summed E-state index contributed by atoms with van der Waals surface area (Å²) in [7, 11) is 0. The maximum absolute atomic E-state index is 13.0. The number of amides is 1. The van der Waals surface area contributed by atoms with Crippen molar-refractivity contribution in [3.8, 4) is 22.0 Å². The van der Waals surface area contributed by atoms with Gasteiger partial charge in [0.2, 0.25) is 0 Å². The molecule has 1 amide bonds. The smallest absolute Gasteiger partial charge is 0.275 e. The summed E-state index contributed by atoms with van der Waals surface area (Å²) in [6.45, 7) is 4.71. The third-order valence-electron chi connectivity index (χ3n) is 5.54. The van der Waals surface area contributed by atoms with Gasteiger partial charge in [0.15, 0.2) is 0 Å². The first kappa shape index (κ1) is 20.5. The van der Waals surface area contributed by atoms with Crippen LogP contribution in [-0.2, 0) is 4.74 Å². The molecule has 164 valence electrons. The summed E-state index contributed by atoms with van der Waals surface area (Å²) in [5.41, 5.74) is 4.21. The van der Waals surface area contributed by atoms with E-state index < -0.39 is 0 Å². The van der Waals surface area contributed by atoms with E-state index in [-0.39, 0.29) is 18.1 Å². The van der Waals surface area contributed by atoms with E-state index >= 15 is 0 Å². The Labute approximate surface area is 188 Å². The van der Waals surface area contributed by atoms with Gasteiger partial charge in [-0.1, -0.05) is 6.07 Å². The van der Waals surface area contributed by atoms with Crippen molar-refractivity contribution in [3.63, 3.8) is 0 Å². The number of anilines is 1. The minimum absolute atomic E-state index is 0.243. The van der Waals surface area contributed by atoms with Crippen molar-refractivity contribution in [1.82, 2.24) is 29.9 Å². The fourth-order valence-electron chi connectivity index (χ4n) is 3.77. The Hall–Kier alpha value is -3.37. The number of hydrogen-bond donors (Lipinski definition) is 2. The van der Waals surface area contributed by atoms with Crippen LogP contribution in [0.4, 0.5) is 5.69 Å². The van der Waals surface area contributed by atoms with Crippen molar-refractivity contribution in [2.45, 2.75) is 38.8 Å². The Morgan fingerprint density at radius 1 is 1.38 bits per heavy atom. The number of ether oxygens (including phenoxy) is 1. The molecule has 4 aromatic rings. The Kier molecular flexibility index (Phi) is 5.54. The lowest BCUT2D eigenvalue weighted by atomic mass is 9.89. The first-order valence-corrected chi connectivity index (χ1v) is 11.4. The summed E-state index contributed by atoms with van der Waals surface area (Å²) < 4.78 is 7.61. The molecule has 0 spiro atoms. The van der Waals surface area contributed by atoms with Gasteiger partial charge in [-0.25, -0.2) is 4.98 Å². The number of pyridine rings is 1. The van der Waals surface area contributed by atoms with Crippen LogP contribution in [0.2, 0.25) is 0 Å². The number of carbonyl (C=O) groups excluding carboxylic acids is 1. The van der Waals surface area contributed by atoms with Crippen molar-refractivity contribution in [2.24, 2.45) is 0 Å². The lowest BCUT2D eigenvalue weighted by Gasteiger charge is -2.34. The van der Waals surface area contributed by atoms with Gasteiger partial charge in [-0.3, -0.25) is 19.6 Å². The van der Waals surface area contributed by atoms with Gasteiger partial charge in [0.1, 0.15) is 16.4 Å². The van der Waals surface area contributed by atoms with Gasteiger partial charge in [-0.2, -0.15) is 10.2 Å². The van der Waals surface area contributed by atoms with E-state index in [2.05, 4.69) is 25.5 Å².